The van der Waals surface area contributed by atoms with Gasteiger partial charge < -0.3 is 10.3 Å². The Morgan fingerprint density at radius 1 is 1.17 bits per heavy atom. The average molecular weight is 243 g/mol. The van der Waals surface area contributed by atoms with Gasteiger partial charge in [-0.1, -0.05) is 53.7 Å². The largest absolute Gasteiger partial charge is 0.411 e. The second-order valence-corrected chi connectivity index (χ2v) is 4.29. The SMILES string of the molecule is O/N=C(\c1ccccc1)C(O)C1=CCCCC=C1. The minimum atomic E-state index is -0.883. The lowest BCUT2D eigenvalue weighted by atomic mass is 9.98. The third kappa shape index (κ3) is 2.87. The van der Waals surface area contributed by atoms with Gasteiger partial charge in [0.2, 0.25) is 0 Å². The van der Waals surface area contributed by atoms with Gasteiger partial charge in [0.25, 0.3) is 0 Å². The maximum absolute atomic E-state index is 10.3. The minimum Gasteiger partial charge on any atom is -0.411 e. The van der Waals surface area contributed by atoms with Crippen LogP contribution in [0.3, 0.4) is 0 Å². The summed E-state index contributed by atoms with van der Waals surface area (Å²) in [5.74, 6) is 0. The van der Waals surface area contributed by atoms with Crippen LogP contribution in [0, 0.1) is 0 Å². The molecule has 1 aromatic rings. The van der Waals surface area contributed by atoms with Crippen LogP contribution in [0.4, 0.5) is 0 Å². The predicted octanol–water partition coefficient (Wildman–Crippen LogP) is 2.89. The van der Waals surface area contributed by atoms with Crippen LogP contribution >= 0.6 is 0 Å². The lowest BCUT2D eigenvalue weighted by Gasteiger charge is -2.13. The number of aliphatic hydroxyl groups excluding tert-OH is 1. The number of benzene rings is 1. The Bertz CT molecular complexity index is 475. The molecule has 1 unspecified atom stereocenters. The quantitative estimate of drug-likeness (QED) is 0.487. The number of oxime groups is 1. The Morgan fingerprint density at radius 2 is 1.94 bits per heavy atom. The van der Waals surface area contributed by atoms with Crippen LogP contribution in [0.15, 0.2) is 59.3 Å². The molecule has 2 N–H and O–H groups in total. The van der Waals surface area contributed by atoms with Crippen molar-refractivity contribution in [1.29, 1.82) is 0 Å². The average Bonchev–Trinajstić information content (AvgIpc) is 2.69. The van der Waals surface area contributed by atoms with E-state index in [4.69, 9.17) is 5.21 Å². The number of aliphatic hydroxyl groups is 1. The highest BCUT2D eigenvalue weighted by Gasteiger charge is 2.18. The molecular formula is C15H17NO2. The highest BCUT2D eigenvalue weighted by molar-refractivity contribution is 6.05. The maximum atomic E-state index is 10.3. The lowest BCUT2D eigenvalue weighted by Crippen LogP contribution is -2.23. The van der Waals surface area contributed by atoms with Crippen molar-refractivity contribution in [3.8, 4) is 0 Å². The van der Waals surface area contributed by atoms with E-state index in [0.717, 1.165) is 30.4 Å². The highest BCUT2D eigenvalue weighted by atomic mass is 16.4. The third-order valence-corrected chi connectivity index (χ3v) is 3.02. The molecule has 2 rings (SSSR count). The smallest absolute Gasteiger partial charge is 0.125 e. The molecule has 1 atom stereocenters. The minimum absolute atomic E-state index is 0.286. The molecule has 0 radical (unpaired) electrons. The first kappa shape index (κ1) is 12.6. The van der Waals surface area contributed by atoms with Gasteiger partial charge in [-0.3, -0.25) is 0 Å². The predicted molar refractivity (Wildman–Crippen MR) is 71.8 cm³/mol. The molecule has 1 aromatic carbocycles. The van der Waals surface area contributed by atoms with Crippen LogP contribution in [0.1, 0.15) is 24.8 Å². The Labute approximate surface area is 107 Å². The molecule has 3 heteroatoms. The van der Waals surface area contributed by atoms with E-state index in [1.807, 2.05) is 48.6 Å². The zero-order chi connectivity index (χ0) is 12.8. The van der Waals surface area contributed by atoms with E-state index in [1.165, 1.54) is 0 Å². The van der Waals surface area contributed by atoms with E-state index in [9.17, 15) is 5.11 Å². The molecular weight excluding hydrogens is 226 g/mol. The zero-order valence-electron chi connectivity index (χ0n) is 10.2. The maximum Gasteiger partial charge on any atom is 0.125 e. The van der Waals surface area contributed by atoms with Crippen molar-refractivity contribution >= 4 is 5.71 Å². The first-order chi connectivity index (χ1) is 8.83. The van der Waals surface area contributed by atoms with Crippen molar-refractivity contribution in [2.45, 2.75) is 25.4 Å². The fraction of sp³-hybridized carbons (Fsp3) is 0.267. The number of hydrogen-bond acceptors (Lipinski definition) is 3. The van der Waals surface area contributed by atoms with Crippen LogP contribution in [0.5, 0.6) is 0 Å². The summed E-state index contributed by atoms with van der Waals surface area (Å²) in [7, 11) is 0. The van der Waals surface area contributed by atoms with Gasteiger partial charge in [0.05, 0.1) is 0 Å². The Morgan fingerprint density at radius 3 is 2.67 bits per heavy atom. The van der Waals surface area contributed by atoms with Crippen molar-refractivity contribution in [3.05, 3.63) is 59.7 Å². The Hall–Kier alpha value is -1.87. The van der Waals surface area contributed by atoms with E-state index in [1.54, 1.807) is 0 Å². The summed E-state index contributed by atoms with van der Waals surface area (Å²) in [5.41, 5.74) is 1.81. The van der Waals surface area contributed by atoms with E-state index in [2.05, 4.69) is 5.16 Å². The van der Waals surface area contributed by atoms with Crippen molar-refractivity contribution in [2.24, 2.45) is 5.16 Å². The van der Waals surface area contributed by atoms with Gasteiger partial charge in [-0.15, -0.1) is 0 Å². The van der Waals surface area contributed by atoms with Crippen molar-refractivity contribution in [1.82, 2.24) is 0 Å². The third-order valence-electron chi connectivity index (χ3n) is 3.02. The number of allylic oxidation sites excluding steroid dienone is 2. The van der Waals surface area contributed by atoms with Gasteiger partial charge in [-0.2, -0.15) is 0 Å². The molecule has 1 aliphatic carbocycles. The molecule has 0 heterocycles. The zero-order valence-corrected chi connectivity index (χ0v) is 10.2. The first-order valence-corrected chi connectivity index (χ1v) is 6.15. The highest BCUT2D eigenvalue weighted by Crippen LogP contribution is 2.17. The summed E-state index contributed by atoms with van der Waals surface area (Å²) >= 11 is 0. The van der Waals surface area contributed by atoms with Gasteiger partial charge in [0.15, 0.2) is 0 Å². The number of nitrogens with zero attached hydrogens (tertiary/aromatic N) is 1. The molecule has 0 aromatic heterocycles. The first-order valence-electron chi connectivity index (χ1n) is 6.15. The summed E-state index contributed by atoms with van der Waals surface area (Å²) in [6.07, 6.45) is 8.11. The molecule has 3 nitrogen and oxygen atoms in total. The summed E-state index contributed by atoms with van der Waals surface area (Å²) in [6.45, 7) is 0. The molecule has 0 aliphatic heterocycles. The van der Waals surface area contributed by atoms with Crippen LogP contribution in [0.2, 0.25) is 0 Å². The number of hydrogen-bond donors (Lipinski definition) is 2. The van der Waals surface area contributed by atoms with E-state index in [-0.39, 0.29) is 5.71 Å². The van der Waals surface area contributed by atoms with Crippen LogP contribution in [0.25, 0.3) is 0 Å². The fourth-order valence-corrected chi connectivity index (χ4v) is 2.03. The molecule has 94 valence electrons. The second kappa shape index (κ2) is 6.17. The van der Waals surface area contributed by atoms with Crippen LogP contribution in [-0.4, -0.2) is 22.1 Å². The molecule has 0 fully saturated rings. The van der Waals surface area contributed by atoms with Crippen molar-refractivity contribution in [2.75, 3.05) is 0 Å². The summed E-state index contributed by atoms with van der Waals surface area (Å²) in [5, 5.41) is 22.7. The van der Waals surface area contributed by atoms with E-state index in [0.29, 0.717) is 0 Å². The van der Waals surface area contributed by atoms with Crippen LogP contribution in [-0.2, 0) is 0 Å². The van der Waals surface area contributed by atoms with Gasteiger partial charge in [-0.25, -0.2) is 0 Å². The molecule has 0 spiro atoms. The fourth-order valence-electron chi connectivity index (χ4n) is 2.03. The summed E-state index contributed by atoms with van der Waals surface area (Å²) < 4.78 is 0. The van der Waals surface area contributed by atoms with Crippen molar-refractivity contribution in [3.63, 3.8) is 0 Å². The summed E-state index contributed by atoms with van der Waals surface area (Å²) in [6, 6.07) is 9.23. The Balaban J connectivity index is 2.26. The standard InChI is InChI=1S/C15H17NO2/c17-15(13-10-4-1-2-5-11-13)14(16-18)12-8-6-3-7-9-12/h3-4,6-11,15,17-18H,1-2,5H2/b16-14+. The molecule has 18 heavy (non-hydrogen) atoms. The van der Waals surface area contributed by atoms with E-state index >= 15 is 0 Å². The van der Waals surface area contributed by atoms with E-state index < -0.39 is 6.10 Å². The van der Waals surface area contributed by atoms with Gasteiger partial charge in [0.1, 0.15) is 11.8 Å². The monoisotopic (exact) mass is 243 g/mol. The van der Waals surface area contributed by atoms with Gasteiger partial charge in [-0.05, 0) is 24.8 Å². The Kier molecular flexibility index (Phi) is 4.31. The number of rotatable bonds is 3. The lowest BCUT2D eigenvalue weighted by molar-refractivity contribution is 0.263. The summed E-state index contributed by atoms with van der Waals surface area (Å²) in [4.78, 5) is 0. The van der Waals surface area contributed by atoms with Crippen molar-refractivity contribution < 1.29 is 10.3 Å². The molecule has 0 saturated carbocycles. The van der Waals surface area contributed by atoms with Gasteiger partial charge in [0, 0.05) is 5.56 Å². The normalized spacial score (nSPS) is 18.1. The molecule has 0 bridgehead atoms. The van der Waals surface area contributed by atoms with Gasteiger partial charge >= 0.3 is 0 Å². The second-order valence-electron chi connectivity index (χ2n) is 4.29. The molecule has 0 saturated heterocycles. The van der Waals surface area contributed by atoms with Crippen LogP contribution < -0.4 is 0 Å². The molecule has 0 amide bonds. The topological polar surface area (TPSA) is 52.8 Å². The molecule has 1 aliphatic rings.